The van der Waals surface area contributed by atoms with E-state index in [-0.39, 0.29) is 5.91 Å². The minimum absolute atomic E-state index is 0.372. The Morgan fingerprint density at radius 2 is 1.57 bits per heavy atom. The summed E-state index contributed by atoms with van der Waals surface area (Å²) in [6.07, 6.45) is 1.49. The van der Waals surface area contributed by atoms with Gasteiger partial charge in [-0.1, -0.05) is 36.4 Å². The fourth-order valence-corrected chi connectivity index (χ4v) is 2.15. The number of carbonyl (C=O) groups is 2. The molecule has 0 radical (unpaired) electrons. The van der Waals surface area contributed by atoms with Gasteiger partial charge in [0, 0.05) is 11.9 Å². The zero-order chi connectivity index (χ0) is 14.7. The highest BCUT2D eigenvalue weighted by Gasteiger charge is 2.38. The Bertz CT molecular complexity index is 683. The average Bonchev–Trinajstić information content (AvgIpc) is 2.81. The van der Waals surface area contributed by atoms with Crippen molar-refractivity contribution in [3.8, 4) is 0 Å². The van der Waals surface area contributed by atoms with E-state index in [9.17, 15) is 9.59 Å². The fourth-order valence-electron chi connectivity index (χ4n) is 2.15. The van der Waals surface area contributed by atoms with Crippen molar-refractivity contribution in [1.82, 2.24) is 5.32 Å². The molecule has 1 atom stereocenters. The lowest BCUT2D eigenvalue weighted by molar-refractivity contribution is -0.118. The number of nitrogens with zero attached hydrogens (tertiary/aromatic N) is 2. The molecule has 2 aromatic rings. The van der Waals surface area contributed by atoms with Crippen LogP contribution < -0.4 is 10.2 Å². The number of para-hydroxylation sites is 2. The van der Waals surface area contributed by atoms with Crippen molar-refractivity contribution in [2.75, 3.05) is 4.90 Å². The summed E-state index contributed by atoms with van der Waals surface area (Å²) >= 11 is 0. The molecule has 0 spiro atoms. The van der Waals surface area contributed by atoms with Crippen LogP contribution in [0.2, 0.25) is 0 Å². The van der Waals surface area contributed by atoms with Gasteiger partial charge < -0.3 is 0 Å². The molecule has 0 unspecified atom stereocenters. The molecule has 1 fully saturated rings. The van der Waals surface area contributed by atoms with E-state index in [2.05, 4.69) is 10.3 Å². The molecule has 3 amide bonds. The van der Waals surface area contributed by atoms with Crippen molar-refractivity contribution < 1.29 is 9.59 Å². The van der Waals surface area contributed by atoms with Gasteiger partial charge >= 0.3 is 6.03 Å². The Morgan fingerprint density at radius 1 is 0.952 bits per heavy atom. The quantitative estimate of drug-likeness (QED) is 0.693. The number of carbonyl (C=O) groups excluding carboxylic acids is 2. The highest BCUT2D eigenvalue weighted by atomic mass is 16.2. The number of amides is 3. The molecule has 104 valence electrons. The number of urea groups is 1. The van der Waals surface area contributed by atoms with E-state index in [1.807, 2.05) is 48.5 Å². The van der Waals surface area contributed by atoms with Gasteiger partial charge in [0.15, 0.2) is 6.04 Å². The summed E-state index contributed by atoms with van der Waals surface area (Å²) in [7, 11) is 0. The van der Waals surface area contributed by atoms with Crippen LogP contribution in [0.1, 0.15) is 0 Å². The Balaban J connectivity index is 1.90. The van der Waals surface area contributed by atoms with E-state index in [1.165, 1.54) is 11.1 Å². The summed E-state index contributed by atoms with van der Waals surface area (Å²) in [5.74, 6) is -0.372. The van der Waals surface area contributed by atoms with Gasteiger partial charge in [0.25, 0.3) is 5.91 Å². The van der Waals surface area contributed by atoms with Gasteiger partial charge in [0.1, 0.15) is 0 Å². The Kier molecular flexibility index (Phi) is 3.47. The van der Waals surface area contributed by atoms with Gasteiger partial charge in [-0.3, -0.25) is 20.0 Å². The van der Waals surface area contributed by atoms with E-state index in [1.54, 1.807) is 12.1 Å². The van der Waals surface area contributed by atoms with Crippen molar-refractivity contribution in [2.24, 2.45) is 4.99 Å². The van der Waals surface area contributed by atoms with Gasteiger partial charge in [-0.05, 0) is 24.3 Å². The molecule has 21 heavy (non-hydrogen) atoms. The third kappa shape index (κ3) is 2.67. The molecule has 1 heterocycles. The molecule has 1 saturated heterocycles. The minimum atomic E-state index is -0.736. The van der Waals surface area contributed by atoms with Gasteiger partial charge in [-0.15, -0.1) is 0 Å². The predicted molar refractivity (Wildman–Crippen MR) is 80.8 cm³/mol. The number of nitrogens with one attached hydrogen (secondary N) is 1. The fraction of sp³-hybridized carbons (Fsp3) is 0.0625. The molecule has 1 aliphatic heterocycles. The van der Waals surface area contributed by atoms with Crippen LogP contribution in [0.5, 0.6) is 0 Å². The molecule has 5 heteroatoms. The monoisotopic (exact) mass is 279 g/mol. The number of imide groups is 1. The van der Waals surface area contributed by atoms with Crippen molar-refractivity contribution in [3.05, 3.63) is 60.7 Å². The van der Waals surface area contributed by atoms with E-state index in [0.717, 1.165) is 5.69 Å². The summed E-state index contributed by atoms with van der Waals surface area (Å²) in [6.45, 7) is 0. The first-order valence-corrected chi connectivity index (χ1v) is 6.54. The van der Waals surface area contributed by atoms with Crippen LogP contribution in [0, 0.1) is 0 Å². The molecule has 0 aliphatic carbocycles. The van der Waals surface area contributed by atoms with Crippen LogP contribution in [0.15, 0.2) is 65.7 Å². The SMILES string of the molecule is O=C1NC(=O)N(c2ccccc2)[C@@H]1C=Nc1ccccc1. The van der Waals surface area contributed by atoms with E-state index < -0.39 is 12.1 Å². The highest BCUT2D eigenvalue weighted by molar-refractivity contribution is 6.21. The van der Waals surface area contributed by atoms with Crippen molar-refractivity contribution in [2.45, 2.75) is 6.04 Å². The largest absolute Gasteiger partial charge is 0.329 e. The van der Waals surface area contributed by atoms with E-state index in [0.29, 0.717) is 5.69 Å². The van der Waals surface area contributed by atoms with Crippen LogP contribution in [0.4, 0.5) is 16.2 Å². The third-order valence-corrected chi connectivity index (χ3v) is 3.15. The van der Waals surface area contributed by atoms with Crippen LogP contribution >= 0.6 is 0 Å². The molecule has 2 aromatic carbocycles. The molecule has 1 N–H and O–H groups in total. The Morgan fingerprint density at radius 3 is 2.24 bits per heavy atom. The van der Waals surface area contributed by atoms with Crippen molar-refractivity contribution >= 4 is 29.5 Å². The summed E-state index contributed by atoms with van der Waals surface area (Å²) in [5.41, 5.74) is 1.39. The molecule has 5 nitrogen and oxygen atoms in total. The molecular weight excluding hydrogens is 266 g/mol. The second kappa shape index (κ2) is 5.58. The highest BCUT2D eigenvalue weighted by Crippen LogP contribution is 2.20. The first-order valence-electron chi connectivity index (χ1n) is 6.54. The van der Waals surface area contributed by atoms with Crippen LogP contribution in [0.3, 0.4) is 0 Å². The maximum atomic E-state index is 11.9. The number of benzene rings is 2. The standard InChI is InChI=1S/C16H13N3O2/c20-15-14(11-17-12-7-3-1-4-8-12)19(16(21)18-15)13-9-5-2-6-10-13/h1-11,14H,(H,18,20,21)/t14-/m1/s1. The zero-order valence-corrected chi connectivity index (χ0v) is 11.1. The maximum Gasteiger partial charge on any atom is 0.329 e. The van der Waals surface area contributed by atoms with Crippen LogP contribution in [-0.4, -0.2) is 24.2 Å². The first-order chi connectivity index (χ1) is 10.3. The smallest absolute Gasteiger partial charge is 0.277 e. The Hall–Kier alpha value is -2.95. The Labute approximate surface area is 121 Å². The van der Waals surface area contributed by atoms with Gasteiger partial charge in [0.2, 0.25) is 0 Å². The van der Waals surface area contributed by atoms with Gasteiger partial charge in [-0.25, -0.2) is 4.79 Å². The lowest BCUT2D eigenvalue weighted by Gasteiger charge is -2.18. The molecule has 3 rings (SSSR count). The second-order valence-electron chi connectivity index (χ2n) is 4.56. The molecule has 0 aromatic heterocycles. The molecule has 0 saturated carbocycles. The second-order valence-corrected chi connectivity index (χ2v) is 4.56. The first kappa shape index (κ1) is 13.1. The lowest BCUT2D eigenvalue weighted by Crippen LogP contribution is -2.36. The number of aliphatic imine (C=N–C) groups is 1. The summed E-state index contributed by atoms with van der Waals surface area (Å²) < 4.78 is 0. The van der Waals surface area contributed by atoms with Crippen molar-refractivity contribution in [1.29, 1.82) is 0 Å². The minimum Gasteiger partial charge on any atom is -0.277 e. The predicted octanol–water partition coefficient (Wildman–Crippen LogP) is 2.51. The average molecular weight is 279 g/mol. The van der Waals surface area contributed by atoms with E-state index >= 15 is 0 Å². The lowest BCUT2D eigenvalue weighted by atomic mass is 10.2. The summed E-state index contributed by atoms with van der Waals surface area (Å²) in [4.78, 5) is 29.5. The van der Waals surface area contributed by atoms with Crippen molar-refractivity contribution in [3.63, 3.8) is 0 Å². The summed E-state index contributed by atoms with van der Waals surface area (Å²) in [5, 5.41) is 2.31. The number of rotatable bonds is 3. The zero-order valence-electron chi connectivity index (χ0n) is 11.1. The van der Waals surface area contributed by atoms with Gasteiger partial charge in [-0.2, -0.15) is 0 Å². The van der Waals surface area contributed by atoms with Crippen LogP contribution in [-0.2, 0) is 4.79 Å². The number of hydrogen-bond acceptors (Lipinski definition) is 3. The molecule has 1 aliphatic rings. The normalized spacial score (nSPS) is 18.3. The van der Waals surface area contributed by atoms with E-state index in [4.69, 9.17) is 0 Å². The molecule has 0 bridgehead atoms. The third-order valence-electron chi connectivity index (χ3n) is 3.15. The van der Waals surface area contributed by atoms with Crippen LogP contribution in [0.25, 0.3) is 0 Å². The number of anilines is 1. The topological polar surface area (TPSA) is 61.8 Å². The summed E-state index contributed by atoms with van der Waals surface area (Å²) in [6, 6.07) is 17.2. The molecular formula is C16H13N3O2. The maximum absolute atomic E-state index is 11.9. The number of hydrogen-bond donors (Lipinski definition) is 1. The van der Waals surface area contributed by atoms with Gasteiger partial charge in [0.05, 0.1) is 5.69 Å².